The zero-order valence-electron chi connectivity index (χ0n) is 9.82. The summed E-state index contributed by atoms with van der Waals surface area (Å²) in [6, 6.07) is 3.17. The van der Waals surface area contributed by atoms with Gasteiger partial charge in [0.05, 0.1) is 0 Å². The molecule has 3 nitrogen and oxygen atoms in total. The lowest BCUT2D eigenvalue weighted by molar-refractivity contribution is 0.660. The fourth-order valence-corrected chi connectivity index (χ4v) is 2.44. The SMILES string of the molecule is CCCCSCCCn1cc(N)ccc1=O. The molecule has 0 unspecified atom stereocenters. The second kappa shape index (κ2) is 7.39. The molecule has 0 atom stereocenters. The first-order valence-corrected chi connectivity index (χ1v) is 6.93. The van der Waals surface area contributed by atoms with Crippen LogP contribution in [0.3, 0.4) is 0 Å². The van der Waals surface area contributed by atoms with E-state index in [-0.39, 0.29) is 5.56 Å². The summed E-state index contributed by atoms with van der Waals surface area (Å²) in [6.45, 7) is 2.97. The third kappa shape index (κ3) is 4.75. The van der Waals surface area contributed by atoms with E-state index in [0.29, 0.717) is 5.69 Å². The molecule has 0 spiro atoms. The summed E-state index contributed by atoms with van der Waals surface area (Å²) in [5.41, 5.74) is 6.32. The summed E-state index contributed by atoms with van der Waals surface area (Å²) in [4.78, 5) is 11.4. The lowest BCUT2D eigenvalue weighted by Gasteiger charge is -2.05. The Bertz CT molecular complexity index is 362. The summed E-state index contributed by atoms with van der Waals surface area (Å²) < 4.78 is 1.69. The molecule has 1 rings (SSSR count). The number of unbranched alkanes of at least 4 members (excludes halogenated alkanes) is 1. The van der Waals surface area contributed by atoms with Crippen LogP contribution < -0.4 is 11.3 Å². The summed E-state index contributed by atoms with van der Waals surface area (Å²) in [7, 11) is 0. The summed E-state index contributed by atoms with van der Waals surface area (Å²) in [6.07, 6.45) is 5.28. The molecule has 90 valence electrons. The third-order valence-corrected chi connectivity index (χ3v) is 3.49. The molecule has 0 radical (unpaired) electrons. The van der Waals surface area contributed by atoms with E-state index in [4.69, 9.17) is 5.73 Å². The standard InChI is InChI=1S/C12H20N2OS/c1-2-3-8-16-9-4-7-14-10-11(13)5-6-12(14)15/h5-6,10H,2-4,7-9,13H2,1H3. The molecule has 0 saturated heterocycles. The molecule has 0 aromatic carbocycles. The highest BCUT2D eigenvalue weighted by Gasteiger charge is 1.96. The Morgan fingerprint density at radius 2 is 2.06 bits per heavy atom. The highest BCUT2D eigenvalue weighted by atomic mass is 32.2. The van der Waals surface area contributed by atoms with Crippen molar-refractivity contribution in [3.63, 3.8) is 0 Å². The minimum Gasteiger partial charge on any atom is -0.398 e. The largest absolute Gasteiger partial charge is 0.398 e. The molecule has 16 heavy (non-hydrogen) atoms. The number of thioether (sulfide) groups is 1. The predicted octanol–water partition coefficient (Wildman–Crippen LogP) is 2.35. The second-order valence-corrected chi connectivity index (χ2v) is 5.04. The zero-order valence-corrected chi connectivity index (χ0v) is 10.6. The molecule has 1 aromatic heterocycles. The zero-order chi connectivity index (χ0) is 11.8. The maximum absolute atomic E-state index is 11.4. The molecule has 0 fully saturated rings. The smallest absolute Gasteiger partial charge is 0.250 e. The van der Waals surface area contributed by atoms with Crippen LogP contribution in [-0.2, 0) is 6.54 Å². The molecule has 0 aliphatic rings. The number of rotatable bonds is 7. The first kappa shape index (κ1) is 13.2. The molecule has 0 amide bonds. The van der Waals surface area contributed by atoms with E-state index < -0.39 is 0 Å². The van der Waals surface area contributed by atoms with Crippen molar-refractivity contribution in [3.05, 3.63) is 28.7 Å². The van der Waals surface area contributed by atoms with Crippen LogP contribution in [0.25, 0.3) is 0 Å². The van der Waals surface area contributed by atoms with Crippen molar-refractivity contribution < 1.29 is 0 Å². The first-order valence-electron chi connectivity index (χ1n) is 5.77. The highest BCUT2D eigenvalue weighted by Crippen LogP contribution is 2.07. The van der Waals surface area contributed by atoms with Crippen LogP contribution in [0.15, 0.2) is 23.1 Å². The van der Waals surface area contributed by atoms with Crippen molar-refractivity contribution in [3.8, 4) is 0 Å². The summed E-state index contributed by atoms with van der Waals surface area (Å²) >= 11 is 1.96. The van der Waals surface area contributed by atoms with Crippen molar-refractivity contribution in [1.82, 2.24) is 4.57 Å². The number of hydrogen-bond acceptors (Lipinski definition) is 3. The number of nitrogens with zero attached hydrogens (tertiary/aromatic N) is 1. The normalized spacial score (nSPS) is 10.6. The molecule has 1 aromatic rings. The van der Waals surface area contributed by atoms with Crippen LogP contribution in [0.5, 0.6) is 0 Å². The minimum absolute atomic E-state index is 0.0350. The molecule has 0 saturated carbocycles. The Morgan fingerprint density at radius 1 is 1.31 bits per heavy atom. The fraction of sp³-hybridized carbons (Fsp3) is 0.583. The van der Waals surface area contributed by atoms with E-state index in [1.807, 2.05) is 11.8 Å². The summed E-state index contributed by atoms with van der Waals surface area (Å²) in [5.74, 6) is 2.34. The van der Waals surface area contributed by atoms with E-state index in [2.05, 4.69) is 6.92 Å². The van der Waals surface area contributed by atoms with Gasteiger partial charge < -0.3 is 10.3 Å². The molecular formula is C12H20N2OS. The quantitative estimate of drug-likeness (QED) is 0.744. The van der Waals surface area contributed by atoms with E-state index in [0.717, 1.165) is 18.7 Å². The van der Waals surface area contributed by atoms with Crippen molar-refractivity contribution in [2.45, 2.75) is 32.7 Å². The Balaban J connectivity index is 2.26. The van der Waals surface area contributed by atoms with Gasteiger partial charge in [-0.1, -0.05) is 13.3 Å². The lowest BCUT2D eigenvalue weighted by atomic mass is 10.4. The van der Waals surface area contributed by atoms with Crippen LogP contribution in [-0.4, -0.2) is 16.1 Å². The van der Waals surface area contributed by atoms with Crippen LogP contribution in [0.4, 0.5) is 5.69 Å². The van der Waals surface area contributed by atoms with E-state index in [1.54, 1.807) is 16.8 Å². The van der Waals surface area contributed by atoms with Gasteiger partial charge in [-0.2, -0.15) is 11.8 Å². The number of anilines is 1. The van der Waals surface area contributed by atoms with Crippen LogP contribution in [0.2, 0.25) is 0 Å². The van der Waals surface area contributed by atoms with Crippen molar-refractivity contribution in [2.75, 3.05) is 17.2 Å². The number of nitrogens with two attached hydrogens (primary N) is 1. The predicted molar refractivity (Wildman–Crippen MR) is 72.0 cm³/mol. The van der Waals surface area contributed by atoms with Gasteiger partial charge in [-0.15, -0.1) is 0 Å². The molecule has 0 aliphatic carbocycles. The summed E-state index contributed by atoms with van der Waals surface area (Å²) in [5, 5.41) is 0. The average molecular weight is 240 g/mol. The van der Waals surface area contributed by atoms with Gasteiger partial charge in [0, 0.05) is 24.5 Å². The average Bonchev–Trinajstić information content (AvgIpc) is 2.28. The van der Waals surface area contributed by atoms with Gasteiger partial charge in [-0.3, -0.25) is 4.79 Å². The highest BCUT2D eigenvalue weighted by molar-refractivity contribution is 7.99. The van der Waals surface area contributed by atoms with E-state index in [9.17, 15) is 4.79 Å². The van der Waals surface area contributed by atoms with Gasteiger partial charge in [0.25, 0.3) is 5.56 Å². The van der Waals surface area contributed by atoms with Gasteiger partial charge in [0.15, 0.2) is 0 Å². The Hall–Kier alpha value is -0.900. The molecule has 0 bridgehead atoms. The number of aromatic nitrogens is 1. The van der Waals surface area contributed by atoms with Crippen molar-refractivity contribution >= 4 is 17.4 Å². The number of aryl methyl sites for hydroxylation is 1. The van der Waals surface area contributed by atoms with Crippen LogP contribution in [0.1, 0.15) is 26.2 Å². The van der Waals surface area contributed by atoms with Gasteiger partial charge in [0.1, 0.15) is 0 Å². The molecule has 4 heteroatoms. The van der Waals surface area contributed by atoms with Crippen molar-refractivity contribution in [2.24, 2.45) is 0 Å². The van der Waals surface area contributed by atoms with E-state index >= 15 is 0 Å². The minimum atomic E-state index is 0.0350. The number of hydrogen-bond donors (Lipinski definition) is 1. The molecule has 2 N–H and O–H groups in total. The van der Waals surface area contributed by atoms with Gasteiger partial charge in [-0.25, -0.2) is 0 Å². The van der Waals surface area contributed by atoms with Crippen LogP contribution >= 0.6 is 11.8 Å². The Morgan fingerprint density at radius 3 is 2.81 bits per heavy atom. The first-order chi connectivity index (χ1) is 7.74. The van der Waals surface area contributed by atoms with Gasteiger partial charge in [-0.05, 0) is 30.4 Å². The molecular weight excluding hydrogens is 220 g/mol. The molecule has 0 aliphatic heterocycles. The van der Waals surface area contributed by atoms with Crippen LogP contribution in [0, 0.1) is 0 Å². The Kier molecular flexibility index (Phi) is 6.08. The van der Waals surface area contributed by atoms with E-state index in [1.165, 1.54) is 24.7 Å². The maximum Gasteiger partial charge on any atom is 0.250 e. The Labute approximate surface area is 101 Å². The number of nitrogen functional groups attached to an aromatic ring is 1. The lowest BCUT2D eigenvalue weighted by Crippen LogP contribution is -2.19. The maximum atomic E-state index is 11.4. The number of pyridine rings is 1. The van der Waals surface area contributed by atoms with Crippen molar-refractivity contribution in [1.29, 1.82) is 0 Å². The second-order valence-electron chi connectivity index (χ2n) is 3.81. The monoisotopic (exact) mass is 240 g/mol. The third-order valence-electron chi connectivity index (χ3n) is 2.34. The topological polar surface area (TPSA) is 48.0 Å². The fourth-order valence-electron chi connectivity index (χ4n) is 1.41. The van der Waals surface area contributed by atoms with Gasteiger partial charge >= 0.3 is 0 Å². The molecule has 1 heterocycles. The van der Waals surface area contributed by atoms with Gasteiger partial charge in [0.2, 0.25) is 0 Å².